The number of halogens is 4. The Balaban J connectivity index is 1.97. The number of benzene rings is 1. The second kappa shape index (κ2) is 5.68. The highest BCUT2D eigenvalue weighted by Gasteiger charge is 2.42. The highest BCUT2D eigenvalue weighted by molar-refractivity contribution is 5.89. The van der Waals surface area contributed by atoms with E-state index in [2.05, 4.69) is 5.32 Å². The van der Waals surface area contributed by atoms with Crippen molar-refractivity contribution in [3.05, 3.63) is 30.1 Å². The van der Waals surface area contributed by atoms with Gasteiger partial charge in [0.25, 0.3) is 0 Å². The Kier molecular flexibility index (Phi) is 4.15. The Morgan fingerprint density at radius 2 is 1.90 bits per heavy atom. The maximum atomic E-state index is 12.7. The zero-order valence-electron chi connectivity index (χ0n) is 10.6. The summed E-state index contributed by atoms with van der Waals surface area (Å²) in [5.41, 5.74) is 0.352. The van der Waals surface area contributed by atoms with Crippen LogP contribution in [-0.4, -0.2) is 30.2 Å². The lowest BCUT2D eigenvalue weighted by Crippen LogP contribution is -2.46. The molecule has 0 unspecified atom stereocenters. The van der Waals surface area contributed by atoms with E-state index in [4.69, 9.17) is 0 Å². The molecule has 0 spiro atoms. The van der Waals surface area contributed by atoms with Crippen LogP contribution in [0.3, 0.4) is 0 Å². The molecule has 1 atom stereocenters. The van der Waals surface area contributed by atoms with Crippen molar-refractivity contribution in [2.24, 2.45) is 5.92 Å². The number of carbonyl (C=O) groups is 1. The van der Waals surface area contributed by atoms with Crippen LogP contribution in [-0.2, 0) is 0 Å². The first-order valence-corrected chi connectivity index (χ1v) is 6.24. The molecule has 1 saturated heterocycles. The molecule has 3 nitrogen and oxygen atoms in total. The van der Waals surface area contributed by atoms with E-state index < -0.39 is 23.9 Å². The van der Waals surface area contributed by atoms with Crippen LogP contribution < -0.4 is 5.32 Å². The monoisotopic (exact) mass is 290 g/mol. The smallest absolute Gasteiger partial charge is 0.324 e. The number of anilines is 1. The minimum Gasteiger partial charge on any atom is -0.324 e. The fraction of sp³-hybridized carbons (Fsp3) is 0.462. The van der Waals surface area contributed by atoms with Crippen LogP contribution in [0.4, 0.5) is 28.0 Å². The third-order valence-electron chi connectivity index (χ3n) is 3.27. The molecule has 1 heterocycles. The summed E-state index contributed by atoms with van der Waals surface area (Å²) >= 11 is 0. The number of amides is 2. The Bertz CT molecular complexity index is 472. The highest BCUT2D eigenvalue weighted by atomic mass is 19.4. The molecular formula is C13H14F4N2O. The van der Waals surface area contributed by atoms with Gasteiger partial charge in [0.2, 0.25) is 0 Å². The molecule has 1 aliphatic heterocycles. The van der Waals surface area contributed by atoms with Crippen molar-refractivity contribution in [1.29, 1.82) is 0 Å². The molecule has 20 heavy (non-hydrogen) atoms. The van der Waals surface area contributed by atoms with Crippen molar-refractivity contribution in [3.8, 4) is 0 Å². The van der Waals surface area contributed by atoms with Gasteiger partial charge in [0, 0.05) is 18.8 Å². The minimum atomic E-state index is -4.28. The zero-order chi connectivity index (χ0) is 14.8. The summed E-state index contributed by atoms with van der Waals surface area (Å²) in [6.45, 7) is -0.0455. The van der Waals surface area contributed by atoms with Crippen molar-refractivity contribution < 1.29 is 22.4 Å². The molecule has 1 aliphatic rings. The molecule has 0 aliphatic carbocycles. The molecule has 0 saturated carbocycles. The number of nitrogens with one attached hydrogen (secondary N) is 1. The lowest BCUT2D eigenvalue weighted by Gasteiger charge is -2.33. The summed E-state index contributed by atoms with van der Waals surface area (Å²) < 4.78 is 50.7. The number of alkyl halides is 3. The topological polar surface area (TPSA) is 32.3 Å². The number of piperidine rings is 1. The van der Waals surface area contributed by atoms with Crippen molar-refractivity contribution in [3.63, 3.8) is 0 Å². The number of hydrogen-bond acceptors (Lipinski definition) is 1. The summed E-state index contributed by atoms with van der Waals surface area (Å²) in [6.07, 6.45) is -3.92. The van der Waals surface area contributed by atoms with Crippen molar-refractivity contribution >= 4 is 11.7 Å². The summed E-state index contributed by atoms with van der Waals surface area (Å²) in [7, 11) is 0. The second-order valence-electron chi connectivity index (χ2n) is 4.76. The van der Waals surface area contributed by atoms with E-state index >= 15 is 0 Å². The van der Waals surface area contributed by atoms with Crippen LogP contribution in [0.5, 0.6) is 0 Å². The molecule has 0 aromatic heterocycles. The van der Waals surface area contributed by atoms with E-state index in [0.717, 1.165) is 4.90 Å². The van der Waals surface area contributed by atoms with Gasteiger partial charge >= 0.3 is 12.2 Å². The summed E-state index contributed by atoms with van der Waals surface area (Å²) in [4.78, 5) is 13.0. The molecule has 0 bridgehead atoms. The minimum absolute atomic E-state index is 0.0455. The molecule has 2 rings (SSSR count). The van der Waals surface area contributed by atoms with Crippen molar-refractivity contribution in [2.45, 2.75) is 19.0 Å². The zero-order valence-corrected chi connectivity index (χ0v) is 10.6. The maximum absolute atomic E-state index is 12.7. The number of hydrogen-bond donors (Lipinski definition) is 1. The number of carbonyl (C=O) groups excluding carboxylic acids is 1. The van der Waals surface area contributed by atoms with E-state index in [1.54, 1.807) is 0 Å². The Hall–Kier alpha value is -1.79. The largest absolute Gasteiger partial charge is 0.393 e. The Morgan fingerprint density at radius 3 is 2.50 bits per heavy atom. The number of nitrogens with zero attached hydrogens (tertiary/aromatic N) is 1. The van der Waals surface area contributed by atoms with Crippen molar-refractivity contribution in [2.75, 3.05) is 18.4 Å². The van der Waals surface area contributed by atoms with Gasteiger partial charge in [0.05, 0.1) is 5.92 Å². The van der Waals surface area contributed by atoms with Gasteiger partial charge in [-0.25, -0.2) is 9.18 Å². The van der Waals surface area contributed by atoms with Crippen LogP contribution in [0.25, 0.3) is 0 Å². The molecule has 1 aromatic rings. The normalized spacial score (nSPS) is 19.8. The first kappa shape index (κ1) is 14.6. The van der Waals surface area contributed by atoms with E-state index in [9.17, 15) is 22.4 Å². The molecule has 7 heteroatoms. The van der Waals surface area contributed by atoms with Gasteiger partial charge in [0.1, 0.15) is 5.82 Å². The van der Waals surface area contributed by atoms with E-state index in [1.807, 2.05) is 0 Å². The van der Waals surface area contributed by atoms with Gasteiger partial charge in [-0.1, -0.05) is 0 Å². The highest BCUT2D eigenvalue weighted by Crippen LogP contribution is 2.33. The Morgan fingerprint density at radius 1 is 1.25 bits per heavy atom. The van der Waals surface area contributed by atoms with E-state index in [-0.39, 0.29) is 13.0 Å². The molecule has 2 amide bonds. The number of likely N-dealkylation sites (tertiary alicyclic amines) is 1. The third-order valence-corrected chi connectivity index (χ3v) is 3.27. The van der Waals surface area contributed by atoms with Crippen LogP contribution in [0, 0.1) is 11.7 Å². The molecule has 1 N–H and O–H groups in total. The van der Waals surface area contributed by atoms with Gasteiger partial charge < -0.3 is 10.2 Å². The molecular weight excluding hydrogens is 276 g/mol. The lowest BCUT2D eigenvalue weighted by atomic mass is 9.98. The van der Waals surface area contributed by atoms with Crippen LogP contribution >= 0.6 is 0 Å². The average molecular weight is 290 g/mol. The number of urea groups is 1. The van der Waals surface area contributed by atoms with Gasteiger partial charge in [-0.2, -0.15) is 13.2 Å². The SMILES string of the molecule is O=C(Nc1ccc(F)cc1)N1CCC[C@@H](C(F)(F)F)C1. The van der Waals surface area contributed by atoms with E-state index in [1.165, 1.54) is 24.3 Å². The maximum Gasteiger partial charge on any atom is 0.393 e. The fourth-order valence-corrected chi connectivity index (χ4v) is 2.16. The van der Waals surface area contributed by atoms with Crippen LogP contribution in [0.1, 0.15) is 12.8 Å². The van der Waals surface area contributed by atoms with Gasteiger partial charge in [-0.3, -0.25) is 0 Å². The second-order valence-corrected chi connectivity index (χ2v) is 4.76. The first-order chi connectivity index (χ1) is 9.36. The summed E-state index contributed by atoms with van der Waals surface area (Å²) in [6, 6.07) is 4.47. The predicted octanol–water partition coefficient (Wildman–Crippen LogP) is 3.63. The number of rotatable bonds is 1. The van der Waals surface area contributed by atoms with Gasteiger partial charge in [0.15, 0.2) is 0 Å². The molecule has 0 radical (unpaired) electrons. The first-order valence-electron chi connectivity index (χ1n) is 6.24. The van der Waals surface area contributed by atoms with Crippen molar-refractivity contribution in [1.82, 2.24) is 4.90 Å². The van der Waals surface area contributed by atoms with Crippen LogP contribution in [0.15, 0.2) is 24.3 Å². The lowest BCUT2D eigenvalue weighted by molar-refractivity contribution is -0.183. The standard InChI is InChI=1S/C13H14F4N2O/c14-10-3-5-11(6-4-10)18-12(20)19-7-1-2-9(8-19)13(15,16)17/h3-6,9H,1-2,7-8H2,(H,18,20)/t9-/m1/s1. The summed E-state index contributed by atoms with van der Waals surface area (Å²) in [5, 5.41) is 2.46. The third kappa shape index (κ3) is 3.61. The van der Waals surface area contributed by atoms with E-state index in [0.29, 0.717) is 18.7 Å². The van der Waals surface area contributed by atoms with Crippen LogP contribution in [0.2, 0.25) is 0 Å². The fourth-order valence-electron chi connectivity index (χ4n) is 2.16. The summed E-state index contributed by atoms with van der Waals surface area (Å²) in [5.74, 6) is -1.92. The predicted molar refractivity (Wildman–Crippen MR) is 65.8 cm³/mol. The van der Waals surface area contributed by atoms with Gasteiger partial charge in [-0.05, 0) is 37.1 Å². The van der Waals surface area contributed by atoms with Gasteiger partial charge in [-0.15, -0.1) is 0 Å². The molecule has 1 aromatic carbocycles. The Labute approximate surface area is 113 Å². The average Bonchev–Trinajstić information content (AvgIpc) is 2.40. The molecule has 110 valence electrons. The quantitative estimate of drug-likeness (QED) is 0.787. The molecule has 1 fully saturated rings.